The molecule has 1 aromatic carbocycles. The third-order valence-corrected chi connectivity index (χ3v) is 5.97. The van der Waals surface area contributed by atoms with Gasteiger partial charge in [-0.05, 0) is 51.5 Å². The number of aryl methyl sites for hydroxylation is 3. The van der Waals surface area contributed by atoms with Gasteiger partial charge in [0.25, 0.3) is 11.5 Å². The number of carbonyl (C=O) groups is 1. The number of amides is 1. The molecule has 1 amide bonds. The van der Waals surface area contributed by atoms with Crippen LogP contribution in [-0.2, 0) is 13.2 Å². The Labute approximate surface area is 185 Å². The van der Waals surface area contributed by atoms with Crippen LogP contribution in [0.15, 0.2) is 23.0 Å². The van der Waals surface area contributed by atoms with Crippen LogP contribution in [0.1, 0.15) is 39.1 Å². The number of aromatic nitrogens is 3. The van der Waals surface area contributed by atoms with Crippen molar-refractivity contribution >= 4 is 22.9 Å². The van der Waals surface area contributed by atoms with E-state index in [0.717, 1.165) is 23.5 Å². The van der Waals surface area contributed by atoms with Gasteiger partial charge in [0, 0.05) is 7.05 Å². The number of halogens is 3. The van der Waals surface area contributed by atoms with Crippen molar-refractivity contribution in [3.63, 3.8) is 0 Å². The molecule has 7 nitrogen and oxygen atoms in total. The molecule has 0 radical (unpaired) electrons. The predicted octanol–water partition coefficient (Wildman–Crippen LogP) is 4.50. The van der Waals surface area contributed by atoms with Crippen molar-refractivity contribution in [1.82, 2.24) is 14.8 Å². The zero-order chi connectivity index (χ0) is 23.8. The summed E-state index contributed by atoms with van der Waals surface area (Å²) in [7, 11) is 1.52. The molecule has 2 aromatic heterocycles. The van der Waals surface area contributed by atoms with E-state index in [1.807, 2.05) is 0 Å². The van der Waals surface area contributed by atoms with Crippen molar-refractivity contribution in [3.05, 3.63) is 55.9 Å². The second-order valence-electron chi connectivity index (χ2n) is 7.04. The number of nitrogens with zero attached hydrogens (tertiary/aromatic N) is 3. The second kappa shape index (κ2) is 8.73. The van der Waals surface area contributed by atoms with Gasteiger partial charge < -0.3 is 10.1 Å². The lowest BCUT2D eigenvalue weighted by molar-refractivity contribution is -0.137. The van der Waals surface area contributed by atoms with Gasteiger partial charge in [-0.2, -0.15) is 18.3 Å². The quantitative estimate of drug-likeness (QED) is 0.599. The van der Waals surface area contributed by atoms with E-state index >= 15 is 0 Å². The van der Waals surface area contributed by atoms with Crippen LogP contribution in [0.4, 0.5) is 18.9 Å². The van der Waals surface area contributed by atoms with Crippen molar-refractivity contribution < 1.29 is 22.7 Å². The summed E-state index contributed by atoms with van der Waals surface area (Å²) < 4.78 is 46.0. The van der Waals surface area contributed by atoms with Crippen LogP contribution < -0.4 is 15.6 Å². The fourth-order valence-corrected chi connectivity index (χ4v) is 4.13. The SMILES string of the molecule is CCOc1ccc(C(F)(F)F)cc1NC(=O)c1sc(-c2c(C)c(C)nn(C)c2=O)nc1C. The lowest BCUT2D eigenvalue weighted by Crippen LogP contribution is -2.23. The van der Waals surface area contributed by atoms with Crippen LogP contribution in [0.25, 0.3) is 10.6 Å². The monoisotopic (exact) mass is 466 g/mol. The number of thiazole rings is 1. The topological polar surface area (TPSA) is 86.1 Å². The highest BCUT2D eigenvalue weighted by molar-refractivity contribution is 7.17. The highest BCUT2D eigenvalue weighted by Crippen LogP contribution is 2.36. The van der Waals surface area contributed by atoms with Crippen molar-refractivity contribution in [2.24, 2.45) is 7.05 Å². The van der Waals surface area contributed by atoms with Gasteiger partial charge in [-0.3, -0.25) is 9.59 Å². The molecule has 0 unspecified atom stereocenters. The molecule has 3 rings (SSSR count). The first-order valence-electron chi connectivity index (χ1n) is 9.61. The van der Waals surface area contributed by atoms with E-state index in [2.05, 4.69) is 15.4 Å². The smallest absolute Gasteiger partial charge is 0.416 e. The van der Waals surface area contributed by atoms with Crippen LogP contribution in [0.5, 0.6) is 5.75 Å². The average molecular weight is 466 g/mol. The molecular weight excluding hydrogens is 445 g/mol. The summed E-state index contributed by atoms with van der Waals surface area (Å²) in [6, 6.07) is 2.88. The number of hydrogen-bond acceptors (Lipinski definition) is 6. The zero-order valence-corrected chi connectivity index (χ0v) is 18.9. The number of alkyl halides is 3. The molecule has 0 aliphatic heterocycles. The summed E-state index contributed by atoms with van der Waals surface area (Å²) in [5.74, 6) is -0.530. The second-order valence-corrected chi connectivity index (χ2v) is 8.04. The summed E-state index contributed by atoms with van der Waals surface area (Å²) in [6.07, 6.45) is -4.57. The zero-order valence-electron chi connectivity index (χ0n) is 18.0. The minimum atomic E-state index is -4.57. The molecular formula is C21H21F3N4O3S. The molecule has 0 fully saturated rings. The summed E-state index contributed by atoms with van der Waals surface area (Å²) in [4.78, 5) is 30.1. The van der Waals surface area contributed by atoms with Gasteiger partial charge in [-0.25, -0.2) is 9.67 Å². The molecule has 0 saturated heterocycles. The minimum absolute atomic E-state index is 0.104. The average Bonchev–Trinajstić information content (AvgIpc) is 3.08. The van der Waals surface area contributed by atoms with E-state index in [1.165, 1.54) is 17.8 Å². The first-order chi connectivity index (χ1) is 14.9. The minimum Gasteiger partial charge on any atom is -0.492 e. The Morgan fingerprint density at radius 2 is 1.91 bits per heavy atom. The molecule has 0 aliphatic carbocycles. The fourth-order valence-electron chi connectivity index (χ4n) is 3.08. The first kappa shape index (κ1) is 23.5. The maximum absolute atomic E-state index is 13.1. The Bertz CT molecular complexity index is 1250. The number of rotatable bonds is 5. The summed E-state index contributed by atoms with van der Waals surface area (Å²) in [6.45, 7) is 6.99. The Morgan fingerprint density at radius 1 is 1.22 bits per heavy atom. The molecule has 0 spiro atoms. The fraction of sp³-hybridized carbons (Fsp3) is 0.333. The van der Waals surface area contributed by atoms with Crippen molar-refractivity contribution in [1.29, 1.82) is 0 Å². The van der Waals surface area contributed by atoms with Crippen LogP contribution in [0.3, 0.4) is 0 Å². The molecule has 32 heavy (non-hydrogen) atoms. The van der Waals surface area contributed by atoms with Gasteiger partial charge in [0.2, 0.25) is 0 Å². The van der Waals surface area contributed by atoms with Crippen molar-refractivity contribution in [3.8, 4) is 16.3 Å². The number of hydrogen-bond donors (Lipinski definition) is 1. The molecule has 170 valence electrons. The third kappa shape index (κ3) is 4.52. The third-order valence-electron chi connectivity index (χ3n) is 4.80. The van der Waals surface area contributed by atoms with E-state index in [4.69, 9.17) is 4.74 Å². The largest absolute Gasteiger partial charge is 0.492 e. The number of ether oxygens (including phenoxy) is 1. The lowest BCUT2D eigenvalue weighted by Gasteiger charge is -2.14. The standard InChI is InChI=1S/C21H21F3N4O3S/c1-6-31-15-8-7-13(21(22,23)24)9-14(15)26-18(29)17-12(4)25-19(32-17)16-10(2)11(3)27-28(5)20(16)30/h7-9H,6H2,1-5H3,(H,26,29). The summed E-state index contributed by atoms with van der Waals surface area (Å²) in [5.41, 5.74) is 0.601. The molecule has 0 aliphatic rings. The van der Waals surface area contributed by atoms with Gasteiger partial charge >= 0.3 is 6.18 Å². The van der Waals surface area contributed by atoms with Gasteiger partial charge in [-0.1, -0.05) is 0 Å². The molecule has 2 heterocycles. The molecule has 0 saturated carbocycles. The van der Waals surface area contributed by atoms with Gasteiger partial charge in [-0.15, -0.1) is 11.3 Å². The normalized spacial score (nSPS) is 11.5. The molecule has 1 N–H and O–H groups in total. The Morgan fingerprint density at radius 3 is 2.53 bits per heavy atom. The van der Waals surface area contributed by atoms with E-state index in [1.54, 1.807) is 27.7 Å². The number of anilines is 1. The van der Waals surface area contributed by atoms with Gasteiger partial charge in [0.1, 0.15) is 15.6 Å². The Kier molecular flexibility index (Phi) is 6.40. The van der Waals surface area contributed by atoms with Crippen LogP contribution in [0.2, 0.25) is 0 Å². The first-order valence-corrected chi connectivity index (χ1v) is 10.4. The van der Waals surface area contributed by atoms with E-state index < -0.39 is 17.6 Å². The Hall–Kier alpha value is -3.21. The molecule has 0 bridgehead atoms. The molecule has 0 atom stereocenters. The number of nitrogens with one attached hydrogen (secondary N) is 1. The molecule has 11 heteroatoms. The van der Waals surface area contributed by atoms with Crippen molar-refractivity contribution in [2.75, 3.05) is 11.9 Å². The Balaban J connectivity index is 2.01. The lowest BCUT2D eigenvalue weighted by atomic mass is 10.1. The predicted molar refractivity (Wildman–Crippen MR) is 115 cm³/mol. The van der Waals surface area contributed by atoms with Crippen LogP contribution in [-0.4, -0.2) is 27.3 Å². The van der Waals surface area contributed by atoms with E-state index in [-0.39, 0.29) is 28.5 Å². The summed E-state index contributed by atoms with van der Waals surface area (Å²) in [5, 5.41) is 6.96. The van der Waals surface area contributed by atoms with E-state index in [0.29, 0.717) is 27.5 Å². The van der Waals surface area contributed by atoms with E-state index in [9.17, 15) is 22.8 Å². The summed E-state index contributed by atoms with van der Waals surface area (Å²) >= 11 is 0.987. The maximum Gasteiger partial charge on any atom is 0.416 e. The van der Waals surface area contributed by atoms with Crippen LogP contribution in [0, 0.1) is 20.8 Å². The van der Waals surface area contributed by atoms with Crippen LogP contribution >= 0.6 is 11.3 Å². The maximum atomic E-state index is 13.1. The van der Waals surface area contributed by atoms with Gasteiger partial charge in [0.05, 0.1) is 34.8 Å². The number of carbonyl (C=O) groups excluding carboxylic acids is 1. The van der Waals surface area contributed by atoms with Gasteiger partial charge in [0.15, 0.2) is 0 Å². The van der Waals surface area contributed by atoms with Crippen molar-refractivity contribution in [2.45, 2.75) is 33.9 Å². The highest BCUT2D eigenvalue weighted by Gasteiger charge is 2.31. The molecule has 3 aromatic rings. The highest BCUT2D eigenvalue weighted by atomic mass is 32.1. The number of benzene rings is 1.